The number of methoxy groups -OCH3 is 3. The molecule has 30 heteroatoms. The van der Waals surface area contributed by atoms with E-state index in [1.807, 2.05) is 0 Å². The highest BCUT2D eigenvalue weighted by Crippen LogP contribution is 2.38. The van der Waals surface area contributed by atoms with Gasteiger partial charge in [-0.15, -0.1) is 0 Å². The number of aliphatic hydroxyl groups excluding tert-OH is 12. The van der Waals surface area contributed by atoms with Crippen LogP contribution in [0.25, 0.3) is 0 Å². The lowest BCUT2D eigenvalue weighted by Gasteiger charge is -2.51. The lowest BCUT2D eigenvalue weighted by atomic mass is 9.95. The van der Waals surface area contributed by atoms with Gasteiger partial charge in [-0.2, -0.15) is 37.9 Å². The van der Waals surface area contributed by atoms with Crippen LogP contribution in [0.4, 0.5) is 0 Å². The maximum absolute atomic E-state index is 11.5. The molecule has 22 aliphatic heterocycles. The van der Waals surface area contributed by atoms with E-state index in [4.69, 9.17) is 71.1 Å². The molecule has 12 bridgehead atoms. The molecule has 22 fully saturated rings. The van der Waals surface area contributed by atoms with E-state index in [0.717, 1.165) is 0 Å². The van der Waals surface area contributed by atoms with Gasteiger partial charge >= 0.3 is 0 Å². The second-order valence-electron chi connectivity index (χ2n) is 17.7. The zero-order valence-corrected chi connectivity index (χ0v) is 40.1. The Labute approximate surface area is 411 Å². The third kappa shape index (κ3) is 11.7. The molecule has 30 atom stereocenters. The predicted molar refractivity (Wildman–Crippen MR) is 230 cm³/mol. The molecule has 0 aromatic heterocycles. The summed E-state index contributed by atoms with van der Waals surface area (Å²) in [6.07, 6.45) is -50.9. The summed E-state index contributed by atoms with van der Waals surface area (Å²) in [6.45, 7) is -0.996. The van der Waals surface area contributed by atoms with Crippen molar-refractivity contribution in [1.82, 2.24) is 0 Å². The first-order valence-corrected chi connectivity index (χ1v) is 24.1. The molecule has 27 nitrogen and oxygen atoms in total. The van der Waals surface area contributed by atoms with Crippen LogP contribution >= 0.6 is 37.9 Å². The first-order chi connectivity index (χ1) is 32.9. The molecule has 0 aromatic rings. The van der Waals surface area contributed by atoms with Crippen LogP contribution in [-0.2, 0) is 71.1 Å². The van der Waals surface area contributed by atoms with Crippen LogP contribution in [0, 0.1) is 0 Å². The number of aliphatic hydroxyl groups is 12. The molecule has 22 rings (SSSR count). The van der Waals surface area contributed by atoms with Gasteiger partial charge in [0.25, 0.3) is 0 Å². The Morgan fingerprint density at radius 2 is 0.420 bits per heavy atom. The molecule has 0 aliphatic carbocycles. The summed E-state index contributed by atoms with van der Waals surface area (Å²) >= 11 is 13.0. The van der Waals surface area contributed by atoms with Gasteiger partial charge in [-0.25, -0.2) is 0 Å². The highest BCUT2D eigenvalue weighted by Gasteiger charge is 2.58. The zero-order valence-electron chi connectivity index (χ0n) is 37.4. The van der Waals surface area contributed by atoms with Crippen molar-refractivity contribution in [3.05, 3.63) is 0 Å². The molecular formula is C39H66O27S3. The number of rotatable bonds is 9. The van der Waals surface area contributed by atoms with Crippen LogP contribution < -0.4 is 0 Å². The van der Waals surface area contributed by atoms with Gasteiger partial charge in [0.05, 0.1) is 38.1 Å². The van der Waals surface area contributed by atoms with Gasteiger partial charge in [-0.05, 0) is 0 Å². The number of hydrogen-bond acceptors (Lipinski definition) is 30. The fourth-order valence-corrected chi connectivity index (χ4v) is 10.3. The summed E-state index contributed by atoms with van der Waals surface area (Å²) in [6, 6.07) is 0. The van der Waals surface area contributed by atoms with Crippen LogP contribution in [0.15, 0.2) is 0 Å². The minimum atomic E-state index is -1.97. The van der Waals surface area contributed by atoms with Crippen molar-refractivity contribution in [2.24, 2.45) is 0 Å². The SMILES string of the molecule is COCC1OC2OC3C(CS)OC(OC4C(COC)OC(OC5C(CS)OC(OC6C(COC)OC(OC7C(CS)OC(OC1C(O)C2O)C(O)C7O)C(O)C6O)C(O)C5O)C(O)C4O)C(O)C3O. The Hall–Kier alpha value is -0.0300. The minimum absolute atomic E-state index is 0.219. The van der Waals surface area contributed by atoms with E-state index in [9.17, 15) is 61.3 Å². The molecule has 30 unspecified atom stereocenters. The fraction of sp³-hybridized carbons (Fsp3) is 1.00. The van der Waals surface area contributed by atoms with Crippen LogP contribution in [-0.4, -0.2) is 304 Å². The van der Waals surface area contributed by atoms with Crippen molar-refractivity contribution in [1.29, 1.82) is 0 Å². The summed E-state index contributed by atoms with van der Waals surface area (Å²) in [7, 11) is 3.86. The summed E-state index contributed by atoms with van der Waals surface area (Å²) < 4.78 is 87.7. The van der Waals surface area contributed by atoms with E-state index in [0.29, 0.717) is 0 Å². The van der Waals surface area contributed by atoms with Crippen molar-refractivity contribution in [3.8, 4) is 0 Å². The highest BCUT2D eigenvalue weighted by molar-refractivity contribution is 7.80. The van der Waals surface area contributed by atoms with Gasteiger partial charge in [0.1, 0.15) is 128 Å². The lowest BCUT2D eigenvalue weighted by molar-refractivity contribution is -0.400. The summed E-state index contributed by atoms with van der Waals surface area (Å²) in [4.78, 5) is 0. The maximum Gasteiger partial charge on any atom is 0.187 e. The van der Waals surface area contributed by atoms with Gasteiger partial charge in [-0.3, -0.25) is 0 Å². The van der Waals surface area contributed by atoms with Gasteiger partial charge in [0.15, 0.2) is 37.7 Å². The highest BCUT2D eigenvalue weighted by atomic mass is 32.1. The smallest absolute Gasteiger partial charge is 0.187 e. The molecule has 0 spiro atoms. The first kappa shape index (κ1) is 56.7. The molecule has 0 saturated carbocycles. The van der Waals surface area contributed by atoms with E-state index < -0.39 is 184 Å². The monoisotopic (exact) mass is 1060 g/mol. The first-order valence-electron chi connectivity index (χ1n) is 22.2. The van der Waals surface area contributed by atoms with Crippen LogP contribution in [0.3, 0.4) is 0 Å². The topological polar surface area (TPSA) is 381 Å². The molecule has 22 saturated heterocycles. The van der Waals surface area contributed by atoms with Crippen molar-refractivity contribution < 1.29 is 132 Å². The molecule has 0 amide bonds. The molecule has 22 aliphatic rings. The lowest BCUT2D eigenvalue weighted by Crippen LogP contribution is -2.69. The quantitative estimate of drug-likeness (QED) is 0.0954. The molecule has 402 valence electrons. The third-order valence-corrected chi connectivity index (χ3v) is 14.2. The van der Waals surface area contributed by atoms with E-state index >= 15 is 0 Å². The molecule has 69 heavy (non-hydrogen) atoms. The normalized spacial score (nSPS) is 53.5. The van der Waals surface area contributed by atoms with E-state index in [-0.39, 0.29) is 37.1 Å². The molecular weight excluding hydrogens is 997 g/mol. The second-order valence-corrected chi connectivity index (χ2v) is 18.8. The molecule has 0 radical (unpaired) electrons. The van der Waals surface area contributed by atoms with Crippen LogP contribution in [0.2, 0.25) is 0 Å². The molecule has 12 N–H and O–H groups in total. The third-order valence-electron chi connectivity index (χ3n) is 13.1. The summed E-state index contributed by atoms with van der Waals surface area (Å²) in [5, 5.41) is 137. The van der Waals surface area contributed by atoms with E-state index in [2.05, 4.69) is 37.9 Å². The average Bonchev–Trinajstić information content (AvgIpc) is 3.33. The van der Waals surface area contributed by atoms with Crippen molar-refractivity contribution in [3.63, 3.8) is 0 Å². The molecule has 22 heterocycles. The minimum Gasteiger partial charge on any atom is -0.387 e. The van der Waals surface area contributed by atoms with Gasteiger partial charge in [0.2, 0.25) is 0 Å². The van der Waals surface area contributed by atoms with Gasteiger partial charge in [0, 0.05) is 38.6 Å². The summed E-state index contributed by atoms with van der Waals surface area (Å²) in [5.41, 5.74) is 0. The number of ether oxygens (including phenoxy) is 15. The van der Waals surface area contributed by atoms with Crippen molar-refractivity contribution in [2.75, 3.05) is 58.4 Å². The van der Waals surface area contributed by atoms with Gasteiger partial charge < -0.3 is 132 Å². The van der Waals surface area contributed by atoms with Crippen LogP contribution in [0.5, 0.6) is 0 Å². The Bertz CT molecular complexity index is 1410. The average molecular weight is 1060 g/mol. The molecule has 0 aromatic carbocycles. The van der Waals surface area contributed by atoms with E-state index in [1.165, 1.54) is 21.3 Å². The Morgan fingerprint density at radius 3 is 0.580 bits per heavy atom. The number of thiol groups is 3. The van der Waals surface area contributed by atoms with Crippen LogP contribution in [0.1, 0.15) is 0 Å². The second kappa shape index (κ2) is 24.8. The standard InChI is InChI=1S/C39H66O27S3/c1-52-4-10-28-16(40)22(46)34(55-10)64-31-13(7-67)59-38(26(50)20(31)44)62-29-11(5-53-2)57-36(24(48)18(29)42)66-33-15(9-69)60-39(27(51)21(33)45)63-30-12(6-54-3)56-35(23(47)17(30)41)65-32-14(8-68)58-37(61-28)25(49)19(32)43/h10-51,67-69H,4-9H2,1-3H3. The van der Waals surface area contributed by atoms with Gasteiger partial charge in [-0.1, -0.05) is 0 Å². The van der Waals surface area contributed by atoms with Crippen molar-refractivity contribution in [2.45, 2.75) is 184 Å². The fourth-order valence-electron chi connectivity index (χ4n) is 9.38. The Morgan fingerprint density at radius 1 is 0.261 bits per heavy atom. The summed E-state index contributed by atoms with van der Waals surface area (Å²) in [5.74, 6) is -0.656. The van der Waals surface area contributed by atoms with Crippen molar-refractivity contribution >= 4 is 37.9 Å². The predicted octanol–water partition coefficient (Wildman–Crippen LogP) is -8.28. The zero-order chi connectivity index (χ0) is 50.2. The maximum atomic E-state index is 11.5. The Kier molecular flexibility index (Phi) is 20.3. The Balaban J connectivity index is 1.21. The largest absolute Gasteiger partial charge is 0.387 e. The van der Waals surface area contributed by atoms with E-state index in [1.54, 1.807) is 0 Å². The number of hydrogen-bond donors (Lipinski definition) is 15.